The van der Waals surface area contributed by atoms with Gasteiger partial charge in [0.05, 0.1) is 25.1 Å². The molecule has 2 aromatic rings. The van der Waals surface area contributed by atoms with Crippen LogP contribution in [0.15, 0.2) is 29.2 Å². The number of methoxy groups -OCH3 is 1. The Morgan fingerprint density at radius 1 is 1.38 bits per heavy atom. The molecule has 1 saturated carbocycles. The minimum atomic E-state index is -0.418. The fourth-order valence-electron chi connectivity index (χ4n) is 2.80. The van der Waals surface area contributed by atoms with E-state index in [2.05, 4.69) is 15.5 Å². The molecule has 6 nitrogen and oxygen atoms in total. The van der Waals surface area contributed by atoms with Crippen LogP contribution in [0.4, 0.5) is 5.69 Å². The lowest BCUT2D eigenvalue weighted by Crippen LogP contribution is -2.14. The van der Waals surface area contributed by atoms with Gasteiger partial charge in [0.1, 0.15) is 16.5 Å². The summed E-state index contributed by atoms with van der Waals surface area (Å²) in [6, 6.07) is 5.73. The highest BCUT2D eigenvalue weighted by Gasteiger charge is 2.18. The van der Waals surface area contributed by atoms with E-state index in [9.17, 15) is 4.79 Å². The smallest absolute Gasteiger partial charge is 0.285 e. The highest BCUT2D eigenvalue weighted by molar-refractivity contribution is 6.32. The maximum Gasteiger partial charge on any atom is 0.285 e. The Hall–Kier alpha value is -2.21. The lowest BCUT2D eigenvalue weighted by Gasteiger charge is -2.18. The SMILES string of the molecule is COc1ccc(CNc2cn[nH]c(=O)c2Cl)c(OC2CCCC2)c1. The average molecular weight is 350 g/mol. The van der Waals surface area contributed by atoms with Crippen LogP contribution in [0.1, 0.15) is 31.2 Å². The number of aromatic nitrogens is 2. The molecule has 0 saturated heterocycles. The van der Waals surface area contributed by atoms with Gasteiger partial charge in [0.25, 0.3) is 5.56 Å². The molecular formula is C17H20ClN3O3. The molecule has 3 rings (SSSR count). The van der Waals surface area contributed by atoms with Crippen molar-refractivity contribution in [2.24, 2.45) is 0 Å². The number of hydrogen-bond acceptors (Lipinski definition) is 5. The number of H-pyrrole nitrogens is 1. The lowest BCUT2D eigenvalue weighted by molar-refractivity contribution is 0.207. The third-order valence-electron chi connectivity index (χ3n) is 4.14. The van der Waals surface area contributed by atoms with Crippen LogP contribution in [0, 0.1) is 0 Å². The molecule has 1 fully saturated rings. The molecule has 1 aromatic heterocycles. The highest BCUT2D eigenvalue weighted by atomic mass is 35.5. The van der Waals surface area contributed by atoms with Crippen molar-refractivity contribution in [3.05, 3.63) is 45.3 Å². The van der Waals surface area contributed by atoms with Gasteiger partial charge in [-0.3, -0.25) is 4.79 Å². The first kappa shape index (κ1) is 16.6. The van der Waals surface area contributed by atoms with E-state index >= 15 is 0 Å². The van der Waals surface area contributed by atoms with Crippen LogP contribution >= 0.6 is 11.6 Å². The van der Waals surface area contributed by atoms with E-state index in [-0.39, 0.29) is 11.1 Å². The molecule has 1 aliphatic carbocycles. The Morgan fingerprint density at radius 3 is 2.92 bits per heavy atom. The molecule has 0 atom stereocenters. The van der Waals surface area contributed by atoms with Gasteiger partial charge in [-0.25, -0.2) is 5.10 Å². The molecule has 24 heavy (non-hydrogen) atoms. The summed E-state index contributed by atoms with van der Waals surface area (Å²) in [5, 5.41) is 9.28. The molecule has 0 bridgehead atoms. The molecule has 1 heterocycles. The summed E-state index contributed by atoms with van der Waals surface area (Å²) in [7, 11) is 1.63. The normalized spacial score (nSPS) is 14.6. The van der Waals surface area contributed by atoms with Crippen molar-refractivity contribution in [1.29, 1.82) is 0 Å². The van der Waals surface area contributed by atoms with Gasteiger partial charge in [0.15, 0.2) is 0 Å². The zero-order valence-electron chi connectivity index (χ0n) is 13.5. The second-order valence-electron chi connectivity index (χ2n) is 5.78. The number of rotatable bonds is 6. The maximum absolute atomic E-state index is 11.5. The standard InChI is InChI=1S/C17H20ClN3O3/c1-23-13-7-6-11(15(8-13)24-12-4-2-3-5-12)9-19-14-10-20-21-17(22)16(14)18/h6-8,10,12H,2-5,9H2,1H3,(H2,19,21,22). The molecular weight excluding hydrogens is 330 g/mol. The van der Waals surface area contributed by atoms with Gasteiger partial charge >= 0.3 is 0 Å². The van der Waals surface area contributed by atoms with E-state index < -0.39 is 5.56 Å². The third kappa shape index (κ3) is 3.82. The summed E-state index contributed by atoms with van der Waals surface area (Å²) in [4.78, 5) is 11.5. The Balaban J connectivity index is 1.78. The van der Waals surface area contributed by atoms with Crippen LogP contribution in [0.3, 0.4) is 0 Å². The summed E-state index contributed by atoms with van der Waals surface area (Å²) in [5.74, 6) is 1.55. The van der Waals surface area contributed by atoms with Crippen LogP contribution in [0.2, 0.25) is 5.02 Å². The zero-order valence-corrected chi connectivity index (χ0v) is 14.2. The summed E-state index contributed by atoms with van der Waals surface area (Å²) >= 11 is 5.99. The van der Waals surface area contributed by atoms with Crippen LogP contribution < -0.4 is 20.3 Å². The highest BCUT2D eigenvalue weighted by Crippen LogP contribution is 2.30. The predicted octanol–water partition coefficient (Wildman–Crippen LogP) is 3.37. The first-order valence-electron chi connectivity index (χ1n) is 7.98. The van der Waals surface area contributed by atoms with Crippen molar-refractivity contribution < 1.29 is 9.47 Å². The number of anilines is 1. The summed E-state index contributed by atoms with van der Waals surface area (Å²) in [6.45, 7) is 0.469. The lowest BCUT2D eigenvalue weighted by atomic mass is 10.1. The van der Waals surface area contributed by atoms with Gasteiger partial charge in [-0.1, -0.05) is 11.6 Å². The number of benzene rings is 1. The maximum atomic E-state index is 11.5. The van der Waals surface area contributed by atoms with Crippen molar-refractivity contribution >= 4 is 17.3 Å². The topological polar surface area (TPSA) is 76.2 Å². The summed E-state index contributed by atoms with van der Waals surface area (Å²) in [5.41, 5.74) is 1.04. The molecule has 0 spiro atoms. The van der Waals surface area contributed by atoms with E-state index in [1.165, 1.54) is 19.0 Å². The second-order valence-corrected chi connectivity index (χ2v) is 6.16. The zero-order chi connectivity index (χ0) is 16.9. The van der Waals surface area contributed by atoms with Crippen LogP contribution in [0.25, 0.3) is 0 Å². The quantitative estimate of drug-likeness (QED) is 0.836. The van der Waals surface area contributed by atoms with E-state index in [4.69, 9.17) is 21.1 Å². The first-order valence-corrected chi connectivity index (χ1v) is 8.36. The third-order valence-corrected chi connectivity index (χ3v) is 4.51. The number of nitrogens with one attached hydrogen (secondary N) is 2. The van der Waals surface area contributed by atoms with Crippen molar-refractivity contribution in [3.8, 4) is 11.5 Å². The van der Waals surface area contributed by atoms with Gasteiger partial charge < -0.3 is 14.8 Å². The first-order chi connectivity index (χ1) is 11.7. The van der Waals surface area contributed by atoms with Crippen molar-refractivity contribution in [2.75, 3.05) is 12.4 Å². The Kier molecular flexibility index (Phi) is 5.25. The van der Waals surface area contributed by atoms with E-state index in [0.29, 0.717) is 12.2 Å². The Bertz CT molecular complexity index is 757. The molecule has 7 heteroatoms. The van der Waals surface area contributed by atoms with Gasteiger partial charge in [0.2, 0.25) is 0 Å². The number of nitrogens with zero attached hydrogens (tertiary/aromatic N) is 1. The fourth-order valence-corrected chi connectivity index (χ4v) is 2.96. The number of hydrogen-bond donors (Lipinski definition) is 2. The number of halogens is 1. The van der Waals surface area contributed by atoms with E-state index in [0.717, 1.165) is 29.9 Å². The van der Waals surface area contributed by atoms with Crippen LogP contribution in [-0.4, -0.2) is 23.4 Å². The number of aromatic amines is 1. The van der Waals surface area contributed by atoms with Crippen molar-refractivity contribution in [1.82, 2.24) is 10.2 Å². The van der Waals surface area contributed by atoms with Crippen molar-refractivity contribution in [2.45, 2.75) is 38.3 Å². The molecule has 1 aromatic carbocycles. The molecule has 1 aliphatic rings. The fraction of sp³-hybridized carbons (Fsp3) is 0.412. The summed E-state index contributed by atoms with van der Waals surface area (Å²) < 4.78 is 11.4. The molecule has 0 unspecified atom stereocenters. The molecule has 128 valence electrons. The van der Waals surface area contributed by atoms with E-state index in [1.807, 2.05) is 18.2 Å². The molecule has 0 radical (unpaired) electrons. The van der Waals surface area contributed by atoms with Gasteiger partial charge in [-0.05, 0) is 37.8 Å². The van der Waals surface area contributed by atoms with E-state index in [1.54, 1.807) is 7.11 Å². The van der Waals surface area contributed by atoms with Gasteiger partial charge in [0, 0.05) is 18.2 Å². The predicted molar refractivity (Wildman–Crippen MR) is 93.1 cm³/mol. The Labute approximate surface area is 145 Å². The summed E-state index contributed by atoms with van der Waals surface area (Å²) in [6.07, 6.45) is 6.31. The van der Waals surface area contributed by atoms with Gasteiger partial charge in [-0.2, -0.15) is 5.10 Å². The number of ether oxygens (including phenoxy) is 2. The van der Waals surface area contributed by atoms with Gasteiger partial charge in [-0.15, -0.1) is 0 Å². The second kappa shape index (κ2) is 7.57. The monoisotopic (exact) mass is 349 g/mol. The Morgan fingerprint density at radius 2 is 2.17 bits per heavy atom. The minimum Gasteiger partial charge on any atom is -0.497 e. The largest absolute Gasteiger partial charge is 0.497 e. The van der Waals surface area contributed by atoms with Crippen LogP contribution in [0.5, 0.6) is 11.5 Å². The minimum absolute atomic E-state index is 0.0942. The van der Waals surface area contributed by atoms with Crippen molar-refractivity contribution in [3.63, 3.8) is 0 Å². The average Bonchev–Trinajstić information content (AvgIpc) is 3.10. The van der Waals surface area contributed by atoms with Crippen LogP contribution in [-0.2, 0) is 6.54 Å². The molecule has 0 aliphatic heterocycles. The molecule has 2 N–H and O–H groups in total. The molecule has 0 amide bonds.